The summed E-state index contributed by atoms with van der Waals surface area (Å²) in [7, 11) is -4.14. The molecule has 0 saturated carbocycles. The molecule has 0 radical (unpaired) electrons. The molecule has 7 heteroatoms. The van der Waals surface area contributed by atoms with Gasteiger partial charge in [0.25, 0.3) is 0 Å². The van der Waals surface area contributed by atoms with Crippen molar-refractivity contribution in [1.29, 1.82) is 0 Å². The molecule has 4 nitrogen and oxygen atoms in total. The van der Waals surface area contributed by atoms with Gasteiger partial charge in [-0.05, 0) is 0 Å². The Morgan fingerprint density at radius 3 is 2.27 bits per heavy atom. The topological polar surface area (TPSA) is 74.3 Å². The summed E-state index contributed by atoms with van der Waals surface area (Å²) in [5, 5.41) is -0.177. The molecule has 0 aliphatic carbocycles. The predicted molar refractivity (Wildman–Crippen MR) is 37.7 cm³/mol. The molecule has 0 aromatic carbocycles. The maximum absolute atomic E-state index is 10.2. The molecule has 0 atom stereocenters. The smallest absolute Gasteiger partial charge is 0.748 e. The number of carbonyl (C=O) groups excluding carboxylic acids is 1. The molecule has 0 aliphatic heterocycles. The van der Waals surface area contributed by atoms with E-state index in [4.69, 9.17) is 0 Å². The minimum Gasteiger partial charge on any atom is -0.748 e. The molecule has 0 amide bonds. The summed E-state index contributed by atoms with van der Waals surface area (Å²) < 4.78 is 29.8. The normalized spacial score (nSPS) is 10.4. The van der Waals surface area contributed by atoms with Crippen molar-refractivity contribution in [2.24, 2.45) is 0 Å². The summed E-state index contributed by atoms with van der Waals surface area (Å²) in [4.78, 5) is 10.2. The van der Waals surface area contributed by atoms with Crippen molar-refractivity contribution >= 4 is 27.0 Å². The van der Waals surface area contributed by atoms with Crippen molar-refractivity contribution in [2.45, 2.75) is 6.92 Å². The van der Waals surface area contributed by atoms with Crippen LogP contribution in [0.3, 0.4) is 0 Å². The maximum atomic E-state index is 10.2. The molecule has 0 saturated heterocycles. The summed E-state index contributed by atoms with van der Waals surface area (Å²) in [5.74, 6) is -0.418. The van der Waals surface area contributed by atoms with Crippen LogP contribution in [0.1, 0.15) is 6.92 Å². The Balaban J connectivity index is 0. The third kappa shape index (κ3) is 13.9. The second-order valence-corrected chi connectivity index (χ2v) is 4.40. The molecular formula is C4H7NaO4S2. The van der Waals surface area contributed by atoms with Gasteiger partial charge in [-0.2, -0.15) is 0 Å². The fourth-order valence-electron chi connectivity index (χ4n) is 0.287. The van der Waals surface area contributed by atoms with E-state index < -0.39 is 15.9 Å². The van der Waals surface area contributed by atoms with Crippen molar-refractivity contribution in [3.05, 3.63) is 0 Å². The van der Waals surface area contributed by atoms with Gasteiger partial charge in [-0.15, -0.1) is 0 Å². The Hall–Kier alpha value is 0.930. The van der Waals surface area contributed by atoms with Gasteiger partial charge in [0, 0.05) is 18.4 Å². The molecule has 60 valence electrons. The van der Waals surface area contributed by atoms with E-state index in [-0.39, 0.29) is 40.4 Å². The first kappa shape index (κ1) is 14.5. The molecule has 0 fully saturated rings. The first-order valence-electron chi connectivity index (χ1n) is 2.49. The van der Waals surface area contributed by atoms with E-state index in [2.05, 4.69) is 0 Å². The van der Waals surface area contributed by atoms with Gasteiger partial charge in [-0.3, -0.25) is 4.79 Å². The second kappa shape index (κ2) is 6.45. The van der Waals surface area contributed by atoms with E-state index in [0.717, 1.165) is 11.8 Å². The van der Waals surface area contributed by atoms with Crippen LogP contribution >= 0.6 is 11.8 Å². The van der Waals surface area contributed by atoms with Crippen molar-refractivity contribution < 1.29 is 47.3 Å². The average molecular weight is 206 g/mol. The zero-order chi connectivity index (χ0) is 8.20. The standard InChI is InChI=1S/C4H8O4S2.Na/c1-4(5)9-2-3-10(6,7)8;/h2-3H2,1H3,(H,6,7,8);/q;+1/p-1. The fourth-order valence-corrected chi connectivity index (χ4v) is 1.72. The molecule has 0 N–H and O–H groups in total. The van der Waals surface area contributed by atoms with Crippen LogP contribution < -0.4 is 29.6 Å². The second-order valence-electron chi connectivity index (χ2n) is 1.60. The summed E-state index contributed by atoms with van der Waals surface area (Å²) in [5.41, 5.74) is 0. The van der Waals surface area contributed by atoms with E-state index in [1.165, 1.54) is 6.92 Å². The third-order valence-electron chi connectivity index (χ3n) is 0.639. The number of hydrogen-bond donors (Lipinski definition) is 0. The quantitative estimate of drug-likeness (QED) is 0.359. The summed E-state index contributed by atoms with van der Waals surface area (Å²) >= 11 is 0.840. The molecule has 0 aromatic heterocycles. The van der Waals surface area contributed by atoms with Crippen molar-refractivity contribution in [2.75, 3.05) is 11.5 Å². The fraction of sp³-hybridized carbons (Fsp3) is 0.750. The molecule has 11 heavy (non-hydrogen) atoms. The molecule has 0 heterocycles. The van der Waals surface area contributed by atoms with Crippen LogP contribution in [-0.4, -0.2) is 29.6 Å². The minimum atomic E-state index is -4.14. The van der Waals surface area contributed by atoms with Crippen LogP contribution in [-0.2, 0) is 14.9 Å². The molecular weight excluding hydrogens is 199 g/mol. The van der Waals surface area contributed by atoms with E-state index in [9.17, 15) is 17.8 Å². The first-order valence-corrected chi connectivity index (χ1v) is 5.05. The van der Waals surface area contributed by atoms with Crippen molar-refractivity contribution in [3.8, 4) is 0 Å². The average Bonchev–Trinajstić information content (AvgIpc) is 1.59. The summed E-state index contributed by atoms with van der Waals surface area (Å²) in [6.45, 7) is 1.32. The molecule has 0 aliphatic rings. The van der Waals surface area contributed by atoms with Crippen LogP contribution in [0.25, 0.3) is 0 Å². The van der Waals surface area contributed by atoms with Gasteiger partial charge in [0.15, 0.2) is 5.12 Å². The molecule has 0 bridgehead atoms. The number of hydrogen-bond acceptors (Lipinski definition) is 5. The zero-order valence-corrected chi connectivity index (χ0v) is 10.00. The maximum Gasteiger partial charge on any atom is 1.00 e. The molecule has 0 rings (SSSR count). The zero-order valence-electron chi connectivity index (χ0n) is 6.36. The van der Waals surface area contributed by atoms with E-state index in [0.29, 0.717) is 0 Å². The van der Waals surface area contributed by atoms with Gasteiger partial charge in [0.05, 0.1) is 10.1 Å². The Bertz CT molecular complexity index is 210. The number of thioether (sulfide) groups is 1. The van der Waals surface area contributed by atoms with Crippen molar-refractivity contribution in [3.63, 3.8) is 0 Å². The van der Waals surface area contributed by atoms with E-state index >= 15 is 0 Å². The Morgan fingerprint density at radius 2 is 2.00 bits per heavy atom. The van der Waals surface area contributed by atoms with E-state index in [1.54, 1.807) is 0 Å². The Morgan fingerprint density at radius 1 is 1.55 bits per heavy atom. The Kier molecular flexibility index (Phi) is 8.47. The third-order valence-corrected chi connectivity index (χ3v) is 2.42. The minimum absolute atomic E-state index is 0. The van der Waals surface area contributed by atoms with Crippen LogP contribution in [0.5, 0.6) is 0 Å². The first-order chi connectivity index (χ1) is 4.42. The number of rotatable bonds is 3. The van der Waals surface area contributed by atoms with Gasteiger partial charge >= 0.3 is 29.6 Å². The van der Waals surface area contributed by atoms with Crippen LogP contribution in [0.4, 0.5) is 0 Å². The van der Waals surface area contributed by atoms with E-state index in [1.807, 2.05) is 0 Å². The van der Waals surface area contributed by atoms with Gasteiger partial charge in [0.2, 0.25) is 0 Å². The van der Waals surface area contributed by atoms with Gasteiger partial charge in [-0.25, -0.2) is 8.42 Å². The SMILES string of the molecule is CC(=O)SCCS(=O)(=O)[O-].[Na+]. The molecule has 0 spiro atoms. The largest absolute Gasteiger partial charge is 1.00 e. The summed E-state index contributed by atoms with van der Waals surface area (Å²) in [6, 6.07) is 0. The Labute approximate surface area is 92.2 Å². The molecule has 0 unspecified atom stereocenters. The predicted octanol–water partition coefficient (Wildman–Crippen LogP) is -3.18. The van der Waals surface area contributed by atoms with Crippen LogP contribution in [0.2, 0.25) is 0 Å². The van der Waals surface area contributed by atoms with Gasteiger partial charge in [0.1, 0.15) is 0 Å². The van der Waals surface area contributed by atoms with Crippen LogP contribution in [0, 0.1) is 0 Å². The van der Waals surface area contributed by atoms with Gasteiger partial charge < -0.3 is 4.55 Å². The van der Waals surface area contributed by atoms with Crippen molar-refractivity contribution in [1.82, 2.24) is 0 Å². The monoisotopic (exact) mass is 206 g/mol. The summed E-state index contributed by atoms with van der Waals surface area (Å²) in [6.07, 6.45) is 0. The number of carbonyl (C=O) groups is 1. The van der Waals surface area contributed by atoms with Crippen LogP contribution in [0.15, 0.2) is 0 Å². The van der Waals surface area contributed by atoms with Gasteiger partial charge in [-0.1, -0.05) is 11.8 Å². The molecule has 0 aromatic rings.